The van der Waals surface area contributed by atoms with Crippen molar-refractivity contribution in [1.29, 1.82) is 0 Å². The lowest BCUT2D eigenvalue weighted by molar-refractivity contribution is -0.379. The summed E-state index contributed by atoms with van der Waals surface area (Å²) in [6, 6.07) is -0.898. The molecule has 0 radical (unpaired) electrons. The third-order valence-corrected chi connectivity index (χ3v) is 19.8. The lowest BCUT2D eigenvalue weighted by atomic mass is 9.96. The Morgan fingerprint density at radius 2 is 0.690 bits per heavy atom. The number of hydrogen-bond donors (Lipinski definition) is 12. The predicted molar refractivity (Wildman–Crippen MR) is 397 cm³/mol. The average molecular weight is 1420 g/mol. The van der Waals surface area contributed by atoms with Gasteiger partial charge in [0.1, 0.15) is 73.2 Å². The van der Waals surface area contributed by atoms with E-state index < -0.39 is 124 Å². The molecular formula is C81H145NO18. The molecule has 0 bridgehead atoms. The second-order valence-electron chi connectivity index (χ2n) is 28.5. The molecule has 3 rings (SSSR count). The fourth-order valence-corrected chi connectivity index (χ4v) is 13.4. The summed E-state index contributed by atoms with van der Waals surface area (Å²) in [7, 11) is 0. The van der Waals surface area contributed by atoms with Crippen molar-refractivity contribution in [3.8, 4) is 0 Å². The normalized spacial score (nSPS) is 26.8. The summed E-state index contributed by atoms with van der Waals surface area (Å²) in [4.78, 5) is 13.5. The lowest BCUT2D eigenvalue weighted by Crippen LogP contribution is -2.66. The number of rotatable bonds is 63. The maximum absolute atomic E-state index is 13.5. The highest BCUT2D eigenvalue weighted by Crippen LogP contribution is 2.33. The van der Waals surface area contributed by atoms with Crippen LogP contribution in [0, 0.1) is 0 Å². The molecule has 0 saturated carbocycles. The standard InChI is InChI=1S/C81H145NO18/c1-3-5-7-9-11-13-15-17-19-21-23-25-27-29-31-33-34-36-38-40-42-44-46-48-50-52-54-56-58-65(86)64(82-69(87)59-57-55-53-51-49-47-45-43-41-39-37-35-32-30-28-26-24-22-20-18-16-14-12-10-8-6-4-2)63-95-79-75(93)72(90)77(67(61-84)97-79)100-81-76(94)73(91)78(68(62-85)98-81)99-80-74(92)71(89)70(88)66(60-83)96-80/h6,8,12,14,18,20,24,26,30,32,37,39,64-68,70-81,83-86,88-94H,3-5,7,9-11,13,15-17,19,21-23,25,27-29,31,33-36,38,40-63H2,1-2H3,(H,82,87)/b8-6-,14-12-,20-18-,26-24-,32-30-,39-37-. The first-order valence-electron chi connectivity index (χ1n) is 40.2. The highest BCUT2D eigenvalue weighted by atomic mass is 16.8. The molecule has 3 saturated heterocycles. The quantitative estimate of drug-likeness (QED) is 0.0199. The molecule has 3 aliphatic heterocycles. The van der Waals surface area contributed by atoms with Crippen molar-refractivity contribution in [2.24, 2.45) is 0 Å². The molecule has 3 fully saturated rings. The average Bonchev–Trinajstić information content (AvgIpc) is 0.783. The van der Waals surface area contributed by atoms with Crippen molar-refractivity contribution < 1.29 is 89.4 Å². The van der Waals surface area contributed by atoms with Crippen LogP contribution in [0.1, 0.15) is 303 Å². The van der Waals surface area contributed by atoms with Crippen molar-refractivity contribution in [3.63, 3.8) is 0 Å². The number of carbonyl (C=O) groups is 1. The Hall–Kier alpha value is -2.77. The maximum Gasteiger partial charge on any atom is 0.220 e. The Balaban J connectivity index is 1.38. The van der Waals surface area contributed by atoms with Crippen LogP contribution in [-0.4, -0.2) is 193 Å². The Kier molecular flexibility index (Phi) is 56.1. The van der Waals surface area contributed by atoms with Crippen LogP contribution in [0.4, 0.5) is 0 Å². The van der Waals surface area contributed by atoms with Crippen molar-refractivity contribution in [2.45, 2.75) is 407 Å². The monoisotopic (exact) mass is 1420 g/mol. The van der Waals surface area contributed by atoms with E-state index >= 15 is 0 Å². The molecule has 19 nitrogen and oxygen atoms in total. The summed E-state index contributed by atoms with van der Waals surface area (Å²) in [5.41, 5.74) is 0. The van der Waals surface area contributed by atoms with E-state index in [4.69, 9.17) is 28.4 Å². The zero-order valence-electron chi connectivity index (χ0n) is 62.2. The number of aliphatic hydroxyl groups is 11. The van der Waals surface area contributed by atoms with Gasteiger partial charge in [-0.2, -0.15) is 0 Å². The molecule has 12 N–H and O–H groups in total. The number of aliphatic hydroxyl groups excluding tert-OH is 11. The van der Waals surface area contributed by atoms with E-state index in [-0.39, 0.29) is 18.9 Å². The van der Waals surface area contributed by atoms with Gasteiger partial charge in [0, 0.05) is 6.42 Å². The topological polar surface area (TPSA) is 307 Å². The van der Waals surface area contributed by atoms with Crippen LogP contribution in [-0.2, 0) is 33.2 Å². The highest BCUT2D eigenvalue weighted by molar-refractivity contribution is 5.76. The number of amides is 1. The van der Waals surface area contributed by atoms with Gasteiger partial charge in [-0.25, -0.2) is 0 Å². The van der Waals surface area contributed by atoms with Gasteiger partial charge in [0.2, 0.25) is 5.91 Å². The molecule has 3 heterocycles. The van der Waals surface area contributed by atoms with Gasteiger partial charge in [0.05, 0.1) is 38.6 Å². The van der Waals surface area contributed by atoms with Gasteiger partial charge in [0.15, 0.2) is 18.9 Å². The van der Waals surface area contributed by atoms with Crippen LogP contribution < -0.4 is 5.32 Å². The molecule has 100 heavy (non-hydrogen) atoms. The second-order valence-corrected chi connectivity index (χ2v) is 28.5. The van der Waals surface area contributed by atoms with Gasteiger partial charge >= 0.3 is 0 Å². The van der Waals surface area contributed by atoms with Gasteiger partial charge in [0.25, 0.3) is 0 Å². The minimum Gasteiger partial charge on any atom is -0.394 e. The number of unbranched alkanes of at least 4 members (excludes halogenated alkanes) is 35. The molecule has 19 heteroatoms. The number of carbonyl (C=O) groups excluding carboxylic acids is 1. The smallest absolute Gasteiger partial charge is 0.220 e. The van der Waals surface area contributed by atoms with E-state index in [9.17, 15) is 61.0 Å². The summed E-state index contributed by atoms with van der Waals surface area (Å²) in [6.07, 6.45) is 52.6. The third kappa shape index (κ3) is 41.2. The van der Waals surface area contributed by atoms with Crippen LogP contribution >= 0.6 is 0 Å². The van der Waals surface area contributed by atoms with E-state index in [1.54, 1.807) is 0 Å². The van der Waals surface area contributed by atoms with Gasteiger partial charge in [-0.15, -0.1) is 0 Å². The Bertz CT molecular complexity index is 2090. The van der Waals surface area contributed by atoms with Gasteiger partial charge in [-0.3, -0.25) is 4.79 Å². The van der Waals surface area contributed by atoms with Crippen molar-refractivity contribution in [2.75, 3.05) is 26.4 Å². The molecule has 17 atom stereocenters. The number of ether oxygens (including phenoxy) is 6. The Labute approximate surface area is 604 Å². The molecule has 1 amide bonds. The molecule has 0 aromatic carbocycles. The molecular weight excluding hydrogens is 1270 g/mol. The Morgan fingerprint density at radius 1 is 0.370 bits per heavy atom. The molecule has 17 unspecified atom stereocenters. The second kappa shape index (κ2) is 61.4. The zero-order chi connectivity index (χ0) is 72.5. The highest BCUT2D eigenvalue weighted by Gasteiger charge is 2.54. The van der Waals surface area contributed by atoms with E-state index in [0.29, 0.717) is 12.8 Å². The van der Waals surface area contributed by atoms with Gasteiger partial charge in [-0.1, -0.05) is 305 Å². The van der Waals surface area contributed by atoms with E-state index in [1.165, 1.54) is 173 Å². The number of allylic oxidation sites excluding steroid dienone is 12. The van der Waals surface area contributed by atoms with Crippen LogP contribution in [0.15, 0.2) is 72.9 Å². The first-order chi connectivity index (χ1) is 48.8. The first-order valence-corrected chi connectivity index (χ1v) is 40.2. The fraction of sp³-hybridized carbons (Fsp3) is 0.840. The Morgan fingerprint density at radius 3 is 1.08 bits per heavy atom. The summed E-state index contributed by atoms with van der Waals surface area (Å²) >= 11 is 0. The molecule has 0 aromatic rings. The summed E-state index contributed by atoms with van der Waals surface area (Å²) in [5.74, 6) is -0.250. The van der Waals surface area contributed by atoms with Crippen molar-refractivity contribution in [3.05, 3.63) is 72.9 Å². The maximum atomic E-state index is 13.5. The van der Waals surface area contributed by atoms with Crippen LogP contribution in [0.25, 0.3) is 0 Å². The van der Waals surface area contributed by atoms with E-state index in [1.807, 2.05) is 0 Å². The molecule has 0 spiro atoms. The van der Waals surface area contributed by atoms with Gasteiger partial charge < -0.3 is 89.9 Å². The summed E-state index contributed by atoms with van der Waals surface area (Å²) < 4.78 is 34.5. The van der Waals surface area contributed by atoms with Crippen LogP contribution in [0.3, 0.4) is 0 Å². The largest absolute Gasteiger partial charge is 0.394 e. The van der Waals surface area contributed by atoms with Crippen LogP contribution in [0.5, 0.6) is 0 Å². The molecule has 0 aromatic heterocycles. The molecule has 3 aliphatic rings. The van der Waals surface area contributed by atoms with Crippen LogP contribution in [0.2, 0.25) is 0 Å². The minimum atomic E-state index is -1.98. The molecule has 0 aliphatic carbocycles. The van der Waals surface area contributed by atoms with Gasteiger partial charge in [-0.05, 0) is 64.2 Å². The summed E-state index contributed by atoms with van der Waals surface area (Å²) in [6.45, 7) is 1.71. The molecule has 582 valence electrons. The van der Waals surface area contributed by atoms with E-state index in [2.05, 4.69) is 92.1 Å². The third-order valence-electron chi connectivity index (χ3n) is 19.8. The minimum absolute atomic E-state index is 0.250. The first kappa shape index (κ1) is 91.4. The predicted octanol–water partition coefficient (Wildman–Crippen LogP) is 13.2. The fourth-order valence-electron chi connectivity index (χ4n) is 13.4. The van der Waals surface area contributed by atoms with E-state index in [0.717, 1.165) is 96.3 Å². The van der Waals surface area contributed by atoms with Crippen molar-refractivity contribution in [1.82, 2.24) is 5.32 Å². The number of nitrogens with one attached hydrogen (secondary N) is 1. The lowest BCUT2D eigenvalue weighted by Gasteiger charge is -2.48. The zero-order valence-corrected chi connectivity index (χ0v) is 62.2. The summed E-state index contributed by atoms with van der Waals surface area (Å²) in [5, 5.41) is 121. The SMILES string of the molecule is CC/C=C\C/C=C\C/C=C\C/C=C\C/C=C\C/C=C\CCCCCCCCCCC(=O)NC(COC1OC(CO)C(OC2OC(CO)C(OC3OC(CO)C(O)C(O)C3O)C(O)C2O)C(O)C1O)C(O)CCCCCCCCCCCCCCCCCCCCCCCCCCCCCC. The number of hydrogen-bond acceptors (Lipinski definition) is 18. The van der Waals surface area contributed by atoms with Crippen molar-refractivity contribution >= 4 is 5.91 Å².